The van der Waals surface area contributed by atoms with Gasteiger partial charge in [0.05, 0.1) is 5.60 Å². The first-order valence-corrected chi connectivity index (χ1v) is 5.76. The van der Waals surface area contributed by atoms with E-state index in [4.69, 9.17) is 0 Å². The molecule has 0 aromatic carbocycles. The fourth-order valence-electron chi connectivity index (χ4n) is 1.29. The van der Waals surface area contributed by atoms with Gasteiger partial charge in [-0.3, -0.25) is 9.11 Å². The summed E-state index contributed by atoms with van der Waals surface area (Å²) in [5.74, 6) is 0.439. The maximum atomic E-state index is 10.2. The number of aliphatic hydroxyl groups is 1. The first kappa shape index (κ1) is 9.98. The minimum atomic E-state index is -2.45. The van der Waals surface area contributed by atoms with E-state index in [0.717, 1.165) is 0 Å². The van der Waals surface area contributed by atoms with E-state index in [1.54, 1.807) is 0 Å². The molecule has 0 radical (unpaired) electrons. The smallest absolute Gasteiger partial charge is 0.122 e. The summed E-state index contributed by atoms with van der Waals surface area (Å²) in [6.45, 7) is 0. The van der Waals surface area contributed by atoms with Crippen LogP contribution < -0.4 is 0 Å². The van der Waals surface area contributed by atoms with Crippen molar-refractivity contribution in [2.24, 2.45) is 0 Å². The van der Waals surface area contributed by atoms with Crippen molar-refractivity contribution in [2.75, 3.05) is 11.5 Å². The van der Waals surface area contributed by atoms with Gasteiger partial charge in [-0.15, -0.1) is 0 Å². The summed E-state index contributed by atoms with van der Waals surface area (Å²) >= 11 is 0. The zero-order valence-corrected chi connectivity index (χ0v) is 7.59. The number of aldehydes is 1. The Hall–Kier alpha value is -0.100. The maximum Gasteiger partial charge on any atom is 0.122 e. The molecular formula is C7H14O4S. The average molecular weight is 194 g/mol. The zero-order chi connectivity index (χ0) is 9.24. The number of hydrogen-bond acceptors (Lipinski definition) is 4. The molecule has 1 saturated heterocycles. The lowest BCUT2D eigenvalue weighted by Gasteiger charge is -2.42. The normalized spacial score (nSPS) is 29.2. The molecule has 1 aliphatic rings. The molecule has 4 nitrogen and oxygen atoms in total. The SMILES string of the molecule is O=CCC1(O)CCS(O)(O)CC1. The lowest BCUT2D eigenvalue weighted by atomic mass is 9.94. The molecule has 0 aliphatic carbocycles. The quantitative estimate of drug-likeness (QED) is 0.569. The fraction of sp³-hybridized carbons (Fsp3) is 0.857. The van der Waals surface area contributed by atoms with Crippen LogP contribution in [0.4, 0.5) is 0 Å². The van der Waals surface area contributed by atoms with Crippen LogP contribution in [-0.2, 0) is 4.79 Å². The van der Waals surface area contributed by atoms with Gasteiger partial charge in [0, 0.05) is 17.9 Å². The summed E-state index contributed by atoms with van der Waals surface area (Å²) in [6.07, 6.45) is 1.40. The Morgan fingerprint density at radius 3 is 2.25 bits per heavy atom. The van der Waals surface area contributed by atoms with E-state index in [-0.39, 0.29) is 17.9 Å². The monoisotopic (exact) mass is 194 g/mol. The number of rotatable bonds is 2. The minimum Gasteiger partial charge on any atom is -0.389 e. The molecule has 0 spiro atoms. The Morgan fingerprint density at radius 2 is 1.83 bits per heavy atom. The van der Waals surface area contributed by atoms with E-state index in [9.17, 15) is 19.0 Å². The van der Waals surface area contributed by atoms with Crippen LogP contribution in [0.25, 0.3) is 0 Å². The molecule has 12 heavy (non-hydrogen) atoms. The van der Waals surface area contributed by atoms with E-state index in [2.05, 4.69) is 0 Å². The predicted octanol–water partition coefficient (Wildman–Crippen LogP) is 0.851. The van der Waals surface area contributed by atoms with Crippen LogP contribution >= 0.6 is 10.6 Å². The molecule has 1 fully saturated rings. The van der Waals surface area contributed by atoms with Gasteiger partial charge in [0.1, 0.15) is 6.29 Å². The molecular weight excluding hydrogens is 180 g/mol. The summed E-state index contributed by atoms with van der Waals surface area (Å²) in [4.78, 5) is 10.2. The summed E-state index contributed by atoms with van der Waals surface area (Å²) in [7, 11) is -2.45. The first-order chi connectivity index (χ1) is 5.47. The van der Waals surface area contributed by atoms with Crippen LogP contribution in [0.2, 0.25) is 0 Å². The van der Waals surface area contributed by atoms with Crippen molar-refractivity contribution in [3.05, 3.63) is 0 Å². The van der Waals surface area contributed by atoms with E-state index in [0.29, 0.717) is 19.1 Å². The van der Waals surface area contributed by atoms with Gasteiger partial charge in [-0.25, -0.2) is 0 Å². The standard InChI is InChI=1S/C7H14O4S/c8-4-1-7(9)2-5-12(10,11)6-3-7/h4,9-11H,1-3,5-6H2. The van der Waals surface area contributed by atoms with Crippen molar-refractivity contribution < 1.29 is 19.0 Å². The molecule has 0 aromatic rings. The lowest BCUT2D eigenvalue weighted by molar-refractivity contribution is -0.112. The van der Waals surface area contributed by atoms with Crippen LogP contribution in [0.1, 0.15) is 19.3 Å². The van der Waals surface area contributed by atoms with Gasteiger partial charge in [-0.2, -0.15) is 10.6 Å². The molecule has 3 N–H and O–H groups in total. The van der Waals surface area contributed by atoms with Gasteiger partial charge in [0.2, 0.25) is 0 Å². The Labute approximate surface area is 72.9 Å². The Balaban J connectivity index is 2.49. The zero-order valence-electron chi connectivity index (χ0n) is 6.77. The summed E-state index contributed by atoms with van der Waals surface area (Å²) in [5, 5.41) is 9.66. The number of carbonyl (C=O) groups is 1. The second-order valence-corrected chi connectivity index (χ2v) is 5.73. The second-order valence-electron chi connectivity index (χ2n) is 3.31. The van der Waals surface area contributed by atoms with Gasteiger partial charge in [-0.1, -0.05) is 0 Å². The molecule has 0 saturated carbocycles. The van der Waals surface area contributed by atoms with Crippen molar-refractivity contribution in [2.45, 2.75) is 24.9 Å². The van der Waals surface area contributed by atoms with Crippen LogP contribution in [0, 0.1) is 0 Å². The second kappa shape index (κ2) is 3.33. The maximum absolute atomic E-state index is 10.2. The molecule has 5 heteroatoms. The van der Waals surface area contributed by atoms with E-state index >= 15 is 0 Å². The van der Waals surface area contributed by atoms with Crippen LogP contribution in [-0.4, -0.2) is 37.6 Å². The van der Waals surface area contributed by atoms with Crippen molar-refractivity contribution in [3.8, 4) is 0 Å². The van der Waals surface area contributed by atoms with E-state index < -0.39 is 16.2 Å². The third-order valence-electron chi connectivity index (χ3n) is 2.25. The molecule has 1 heterocycles. The molecule has 72 valence electrons. The van der Waals surface area contributed by atoms with Gasteiger partial charge >= 0.3 is 0 Å². The molecule has 1 aliphatic heterocycles. The highest BCUT2D eigenvalue weighted by atomic mass is 32.3. The number of hydrogen-bond donors (Lipinski definition) is 3. The summed E-state index contributed by atoms with van der Waals surface area (Å²) in [6, 6.07) is 0. The highest BCUT2D eigenvalue weighted by molar-refractivity contribution is 8.24. The number of carbonyl (C=O) groups excluding carboxylic acids is 1. The van der Waals surface area contributed by atoms with Gasteiger partial charge < -0.3 is 9.90 Å². The topological polar surface area (TPSA) is 77.8 Å². The van der Waals surface area contributed by atoms with Crippen molar-refractivity contribution in [1.82, 2.24) is 0 Å². The van der Waals surface area contributed by atoms with E-state index in [1.807, 2.05) is 0 Å². The molecule has 0 amide bonds. The Bertz CT molecular complexity index is 170. The predicted molar refractivity (Wildman–Crippen MR) is 47.4 cm³/mol. The fourth-order valence-corrected chi connectivity index (χ4v) is 2.91. The van der Waals surface area contributed by atoms with Crippen molar-refractivity contribution in [1.29, 1.82) is 0 Å². The highest BCUT2D eigenvalue weighted by Gasteiger charge is 2.34. The third kappa shape index (κ3) is 2.45. The molecule has 0 bridgehead atoms. The molecule has 0 unspecified atom stereocenters. The summed E-state index contributed by atoms with van der Waals surface area (Å²) < 4.78 is 18.4. The lowest BCUT2D eigenvalue weighted by Crippen LogP contribution is -2.37. The van der Waals surface area contributed by atoms with Crippen molar-refractivity contribution in [3.63, 3.8) is 0 Å². The van der Waals surface area contributed by atoms with Gasteiger partial charge in [0.15, 0.2) is 0 Å². The summed E-state index contributed by atoms with van der Waals surface area (Å²) in [5.41, 5.74) is -0.982. The molecule has 0 atom stereocenters. The average Bonchev–Trinajstić information content (AvgIpc) is 1.98. The van der Waals surface area contributed by atoms with Crippen LogP contribution in [0.5, 0.6) is 0 Å². The Kier molecular flexibility index (Phi) is 2.77. The first-order valence-electron chi connectivity index (χ1n) is 3.87. The van der Waals surface area contributed by atoms with E-state index in [1.165, 1.54) is 0 Å². The van der Waals surface area contributed by atoms with Crippen molar-refractivity contribution >= 4 is 16.9 Å². The minimum absolute atomic E-state index is 0.0997. The molecule has 0 aromatic heterocycles. The Morgan fingerprint density at radius 1 is 1.33 bits per heavy atom. The van der Waals surface area contributed by atoms with Gasteiger partial charge in [-0.05, 0) is 12.8 Å². The highest BCUT2D eigenvalue weighted by Crippen LogP contribution is 2.47. The molecule has 1 rings (SSSR count). The van der Waals surface area contributed by atoms with Crippen LogP contribution in [0.15, 0.2) is 0 Å². The van der Waals surface area contributed by atoms with Crippen LogP contribution in [0.3, 0.4) is 0 Å². The van der Waals surface area contributed by atoms with Gasteiger partial charge in [0.25, 0.3) is 0 Å². The third-order valence-corrected chi connectivity index (χ3v) is 3.97. The largest absolute Gasteiger partial charge is 0.389 e.